The molecule has 3 rings (SSSR count). The van der Waals surface area contributed by atoms with Gasteiger partial charge in [-0.2, -0.15) is 4.73 Å². The number of rotatable bonds is 1. The molecular weight excluding hydrogens is 228 g/mol. The van der Waals surface area contributed by atoms with Gasteiger partial charge in [-0.05, 0) is 26.0 Å². The van der Waals surface area contributed by atoms with E-state index >= 15 is 0 Å². The zero-order valence-corrected chi connectivity index (χ0v) is 10.3. The van der Waals surface area contributed by atoms with Gasteiger partial charge in [-0.15, -0.1) is 0 Å². The highest BCUT2D eigenvalue weighted by molar-refractivity contribution is 5.83. The number of imidazole rings is 1. The minimum absolute atomic E-state index is 0.424. The van der Waals surface area contributed by atoms with Crippen molar-refractivity contribution < 1.29 is 9.94 Å². The van der Waals surface area contributed by atoms with Gasteiger partial charge in [0.15, 0.2) is 5.82 Å². The molecule has 2 aromatic rings. The number of fused-ring (bicyclic) bond motifs is 1. The van der Waals surface area contributed by atoms with Crippen LogP contribution in [0.2, 0.25) is 0 Å². The Hall–Kier alpha value is -2.23. The fraction of sp³-hybridized carbons (Fsp3) is 0.214. The number of hydrogen-bond acceptors (Lipinski definition) is 3. The number of benzene rings is 1. The monoisotopic (exact) mass is 242 g/mol. The maximum absolute atomic E-state index is 9.98. The molecule has 1 aromatic heterocycles. The molecule has 0 spiro atoms. The summed E-state index contributed by atoms with van der Waals surface area (Å²) in [6, 6.07) is 7.83. The molecule has 92 valence electrons. The molecular formula is C14H14N2O2. The first kappa shape index (κ1) is 10.9. The summed E-state index contributed by atoms with van der Waals surface area (Å²) < 4.78 is 6.79. The average molecular weight is 242 g/mol. The molecule has 0 amide bonds. The maximum atomic E-state index is 9.98. The molecule has 0 saturated carbocycles. The van der Waals surface area contributed by atoms with E-state index in [9.17, 15) is 5.21 Å². The summed E-state index contributed by atoms with van der Waals surface area (Å²) in [5.74, 6) is 1.42. The Morgan fingerprint density at radius 2 is 2.06 bits per heavy atom. The number of hydrogen-bond donors (Lipinski definition) is 1. The number of aryl methyl sites for hydroxylation is 1. The second kappa shape index (κ2) is 3.91. The first-order chi connectivity index (χ1) is 8.66. The quantitative estimate of drug-likeness (QED) is 0.782. The Morgan fingerprint density at radius 3 is 2.78 bits per heavy atom. The largest absolute Gasteiger partial charge is 0.488 e. The molecule has 0 unspecified atom stereocenters. The van der Waals surface area contributed by atoms with Crippen LogP contribution in [0.4, 0.5) is 0 Å². The van der Waals surface area contributed by atoms with E-state index in [4.69, 9.17) is 4.74 Å². The summed E-state index contributed by atoms with van der Waals surface area (Å²) >= 11 is 0. The third-order valence-corrected chi connectivity index (χ3v) is 3.23. The van der Waals surface area contributed by atoms with Gasteiger partial charge in [0.1, 0.15) is 12.4 Å². The van der Waals surface area contributed by atoms with Crippen LogP contribution in [0.15, 0.2) is 24.3 Å². The number of nitrogens with zero attached hydrogens (tertiary/aromatic N) is 2. The second-order valence-electron chi connectivity index (χ2n) is 4.41. The predicted molar refractivity (Wildman–Crippen MR) is 68.7 cm³/mol. The zero-order chi connectivity index (χ0) is 12.7. The molecule has 1 aromatic carbocycles. The Balaban J connectivity index is 2.09. The third kappa shape index (κ3) is 1.57. The SMILES string of the molecule is Cc1nc(C2=Cc3ccccc3OC2)n(O)c1C. The minimum Gasteiger partial charge on any atom is -0.488 e. The molecule has 0 atom stereocenters. The van der Waals surface area contributed by atoms with Crippen LogP contribution in [-0.4, -0.2) is 21.5 Å². The summed E-state index contributed by atoms with van der Waals surface area (Å²) in [5.41, 5.74) is 3.47. The van der Waals surface area contributed by atoms with Crippen LogP contribution in [0, 0.1) is 13.8 Å². The highest BCUT2D eigenvalue weighted by atomic mass is 16.5. The van der Waals surface area contributed by atoms with Crippen molar-refractivity contribution in [1.82, 2.24) is 9.71 Å². The number of aromatic nitrogens is 2. The lowest BCUT2D eigenvalue weighted by Gasteiger charge is -2.17. The van der Waals surface area contributed by atoms with E-state index in [0.717, 1.165) is 33.0 Å². The third-order valence-electron chi connectivity index (χ3n) is 3.23. The van der Waals surface area contributed by atoms with Crippen LogP contribution in [0.3, 0.4) is 0 Å². The van der Waals surface area contributed by atoms with E-state index in [-0.39, 0.29) is 0 Å². The van der Waals surface area contributed by atoms with Gasteiger partial charge >= 0.3 is 0 Å². The van der Waals surface area contributed by atoms with Crippen molar-refractivity contribution in [2.24, 2.45) is 0 Å². The molecule has 0 radical (unpaired) electrons. The van der Waals surface area contributed by atoms with E-state index in [1.807, 2.05) is 44.2 Å². The van der Waals surface area contributed by atoms with Crippen molar-refractivity contribution in [3.63, 3.8) is 0 Å². The van der Waals surface area contributed by atoms with Crippen LogP contribution in [0.5, 0.6) is 5.75 Å². The van der Waals surface area contributed by atoms with E-state index in [1.165, 1.54) is 0 Å². The van der Waals surface area contributed by atoms with E-state index in [0.29, 0.717) is 12.4 Å². The zero-order valence-electron chi connectivity index (χ0n) is 10.3. The van der Waals surface area contributed by atoms with E-state index in [2.05, 4.69) is 4.98 Å². The Bertz CT molecular complexity index is 641. The summed E-state index contributed by atoms with van der Waals surface area (Å²) in [6.45, 7) is 4.14. The normalized spacial score (nSPS) is 13.8. The first-order valence-electron chi connectivity index (χ1n) is 5.85. The molecule has 1 aliphatic heterocycles. The molecule has 18 heavy (non-hydrogen) atoms. The number of ether oxygens (including phenoxy) is 1. The predicted octanol–water partition coefficient (Wildman–Crippen LogP) is 2.67. The molecule has 0 aliphatic carbocycles. The van der Waals surface area contributed by atoms with Gasteiger partial charge < -0.3 is 9.94 Å². The van der Waals surface area contributed by atoms with Gasteiger partial charge in [-0.1, -0.05) is 18.2 Å². The fourth-order valence-electron chi connectivity index (χ4n) is 2.05. The van der Waals surface area contributed by atoms with Gasteiger partial charge in [-0.25, -0.2) is 4.98 Å². The van der Waals surface area contributed by atoms with Gasteiger partial charge in [0.25, 0.3) is 0 Å². The highest BCUT2D eigenvalue weighted by Gasteiger charge is 2.18. The topological polar surface area (TPSA) is 47.3 Å². The lowest BCUT2D eigenvalue weighted by molar-refractivity contribution is 0.175. The Morgan fingerprint density at radius 1 is 1.28 bits per heavy atom. The van der Waals surface area contributed by atoms with Gasteiger partial charge in [-0.3, -0.25) is 0 Å². The van der Waals surface area contributed by atoms with Crippen molar-refractivity contribution in [2.45, 2.75) is 13.8 Å². The summed E-state index contributed by atoms with van der Waals surface area (Å²) in [6.07, 6.45) is 2.01. The first-order valence-corrected chi connectivity index (χ1v) is 5.85. The second-order valence-corrected chi connectivity index (χ2v) is 4.41. The standard InChI is InChI=1S/C14H14N2O2/c1-9-10(2)16(17)14(15-9)12-7-11-5-3-4-6-13(11)18-8-12/h3-7,17H,8H2,1-2H3. The van der Waals surface area contributed by atoms with Gasteiger partial charge in [0.2, 0.25) is 0 Å². The summed E-state index contributed by atoms with van der Waals surface area (Å²) in [7, 11) is 0. The lowest BCUT2D eigenvalue weighted by Crippen LogP contribution is -2.10. The van der Waals surface area contributed by atoms with Crippen molar-refractivity contribution in [1.29, 1.82) is 0 Å². The number of para-hydroxylation sites is 1. The molecule has 1 N–H and O–H groups in total. The molecule has 4 nitrogen and oxygen atoms in total. The van der Waals surface area contributed by atoms with Crippen molar-refractivity contribution >= 4 is 11.6 Å². The summed E-state index contributed by atoms with van der Waals surface area (Å²) in [5, 5.41) is 9.98. The summed E-state index contributed by atoms with van der Waals surface area (Å²) in [4.78, 5) is 4.37. The van der Waals surface area contributed by atoms with E-state index < -0.39 is 0 Å². The van der Waals surface area contributed by atoms with Crippen LogP contribution in [0.25, 0.3) is 11.6 Å². The average Bonchev–Trinajstić information content (AvgIpc) is 2.66. The van der Waals surface area contributed by atoms with Crippen LogP contribution >= 0.6 is 0 Å². The Labute approximate surface area is 105 Å². The molecule has 2 heterocycles. The van der Waals surface area contributed by atoms with Gasteiger partial charge in [0, 0.05) is 11.1 Å². The van der Waals surface area contributed by atoms with Gasteiger partial charge in [0.05, 0.1) is 11.4 Å². The fourth-order valence-corrected chi connectivity index (χ4v) is 2.05. The highest BCUT2D eigenvalue weighted by Crippen LogP contribution is 2.30. The van der Waals surface area contributed by atoms with Crippen molar-refractivity contribution in [3.8, 4) is 5.75 Å². The van der Waals surface area contributed by atoms with Crippen LogP contribution in [0.1, 0.15) is 22.8 Å². The maximum Gasteiger partial charge on any atom is 0.175 e. The van der Waals surface area contributed by atoms with Crippen LogP contribution < -0.4 is 4.74 Å². The van der Waals surface area contributed by atoms with Crippen LogP contribution in [-0.2, 0) is 0 Å². The molecule has 1 aliphatic rings. The smallest absolute Gasteiger partial charge is 0.175 e. The molecule has 0 saturated heterocycles. The van der Waals surface area contributed by atoms with Crippen molar-refractivity contribution in [2.75, 3.05) is 6.61 Å². The van der Waals surface area contributed by atoms with E-state index in [1.54, 1.807) is 0 Å². The lowest BCUT2D eigenvalue weighted by atomic mass is 10.1. The molecule has 4 heteroatoms. The van der Waals surface area contributed by atoms with Crippen molar-refractivity contribution in [3.05, 3.63) is 47.0 Å². The Kier molecular flexibility index (Phi) is 2.37. The minimum atomic E-state index is 0.424. The molecule has 0 bridgehead atoms. The molecule has 0 fully saturated rings.